The van der Waals surface area contributed by atoms with E-state index in [1.165, 1.54) is 42.7 Å². The van der Waals surface area contributed by atoms with Gasteiger partial charge in [0, 0.05) is 34.9 Å². The van der Waals surface area contributed by atoms with Crippen LogP contribution in [0.15, 0.2) is 53.6 Å². The van der Waals surface area contributed by atoms with Crippen molar-refractivity contribution >= 4 is 32.7 Å². The maximum Gasteiger partial charge on any atom is 0.238 e. The molecule has 0 amide bonds. The summed E-state index contributed by atoms with van der Waals surface area (Å²) in [6.07, 6.45) is 9.83. The molecule has 3 heterocycles. The molecule has 2 aliphatic rings. The molecule has 156 valence electrons. The molecule has 1 aliphatic carbocycles. The lowest BCUT2D eigenvalue weighted by Gasteiger charge is -2.44. The van der Waals surface area contributed by atoms with E-state index in [9.17, 15) is 8.42 Å². The van der Waals surface area contributed by atoms with Crippen molar-refractivity contribution in [2.24, 2.45) is 5.14 Å². The molecule has 1 spiro atoms. The monoisotopic (exact) mass is 423 g/mol. The summed E-state index contributed by atoms with van der Waals surface area (Å²) >= 11 is 0. The molecule has 0 bridgehead atoms. The Kier molecular flexibility index (Phi) is 4.44. The number of fused-ring (bicyclic) bond motifs is 4. The SMILES string of the molecule is C=C1Cc2cc3cnc(Nc4ccc(S(N)(=O)=O)cc4)nc3n2C2(CCCCC2)C1. The number of anilines is 2. The number of allylic oxidation sites excluding steroid dienone is 1. The first-order chi connectivity index (χ1) is 14.3. The number of nitrogens with zero attached hydrogens (tertiary/aromatic N) is 3. The molecule has 0 saturated heterocycles. The predicted molar refractivity (Wildman–Crippen MR) is 117 cm³/mol. The maximum atomic E-state index is 11.4. The van der Waals surface area contributed by atoms with Gasteiger partial charge in [-0.3, -0.25) is 0 Å². The lowest BCUT2D eigenvalue weighted by Crippen LogP contribution is -2.40. The van der Waals surface area contributed by atoms with Gasteiger partial charge in [0.2, 0.25) is 16.0 Å². The minimum Gasteiger partial charge on any atom is -0.324 e. The van der Waals surface area contributed by atoms with Crippen LogP contribution < -0.4 is 10.5 Å². The average Bonchev–Trinajstić information content (AvgIpc) is 3.06. The number of aromatic nitrogens is 3. The summed E-state index contributed by atoms with van der Waals surface area (Å²) in [5.41, 5.74) is 4.31. The smallest absolute Gasteiger partial charge is 0.238 e. The van der Waals surface area contributed by atoms with Crippen molar-refractivity contribution in [2.45, 2.75) is 55.4 Å². The van der Waals surface area contributed by atoms with Crippen LogP contribution in [-0.4, -0.2) is 23.0 Å². The second-order valence-corrected chi connectivity index (χ2v) is 10.1. The van der Waals surface area contributed by atoms with E-state index >= 15 is 0 Å². The lowest BCUT2D eigenvalue weighted by atomic mass is 9.74. The molecule has 1 fully saturated rings. The van der Waals surface area contributed by atoms with Crippen LogP contribution in [0.3, 0.4) is 0 Å². The molecule has 0 unspecified atom stereocenters. The van der Waals surface area contributed by atoms with Crippen molar-refractivity contribution in [3.05, 3.63) is 54.4 Å². The van der Waals surface area contributed by atoms with Crippen molar-refractivity contribution in [3.63, 3.8) is 0 Å². The Balaban J connectivity index is 1.53. The van der Waals surface area contributed by atoms with E-state index in [1.807, 2.05) is 6.20 Å². The van der Waals surface area contributed by atoms with Gasteiger partial charge in [-0.05, 0) is 49.6 Å². The topological polar surface area (TPSA) is 103 Å². The Labute approximate surface area is 176 Å². The number of primary sulfonamides is 1. The first-order valence-corrected chi connectivity index (χ1v) is 11.8. The number of hydrogen-bond donors (Lipinski definition) is 2. The molecule has 0 atom stereocenters. The molecule has 8 heteroatoms. The third-order valence-corrected chi connectivity index (χ3v) is 7.25. The van der Waals surface area contributed by atoms with E-state index in [1.54, 1.807) is 12.1 Å². The van der Waals surface area contributed by atoms with Crippen molar-refractivity contribution in [3.8, 4) is 0 Å². The van der Waals surface area contributed by atoms with Crippen LogP contribution >= 0.6 is 0 Å². The van der Waals surface area contributed by atoms with Crippen LogP contribution in [0.2, 0.25) is 0 Å². The zero-order valence-corrected chi connectivity index (χ0v) is 17.6. The van der Waals surface area contributed by atoms with E-state index in [4.69, 9.17) is 10.1 Å². The summed E-state index contributed by atoms with van der Waals surface area (Å²) < 4.78 is 25.4. The zero-order valence-electron chi connectivity index (χ0n) is 16.8. The second kappa shape index (κ2) is 6.92. The van der Waals surface area contributed by atoms with E-state index < -0.39 is 10.0 Å². The molecule has 5 rings (SSSR count). The summed E-state index contributed by atoms with van der Waals surface area (Å²) in [7, 11) is -3.71. The normalized spacial score (nSPS) is 18.5. The molecular formula is C22H25N5O2S. The van der Waals surface area contributed by atoms with Gasteiger partial charge in [0.05, 0.1) is 4.90 Å². The first kappa shape index (κ1) is 19.3. The van der Waals surface area contributed by atoms with Gasteiger partial charge in [0.25, 0.3) is 0 Å². The third kappa shape index (κ3) is 3.30. The fourth-order valence-corrected chi connectivity index (χ4v) is 5.61. The van der Waals surface area contributed by atoms with Gasteiger partial charge in [-0.25, -0.2) is 18.5 Å². The van der Waals surface area contributed by atoms with E-state index in [0.717, 1.165) is 36.7 Å². The van der Waals surface area contributed by atoms with Crippen LogP contribution in [-0.2, 0) is 22.0 Å². The average molecular weight is 424 g/mol. The van der Waals surface area contributed by atoms with E-state index in [-0.39, 0.29) is 10.4 Å². The quantitative estimate of drug-likeness (QED) is 0.620. The highest BCUT2D eigenvalue weighted by Crippen LogP contribution is 2.46. The molecule has 7 nitrogen and oxygen atoms in total. The Bertz CT molecular complexity index is 1240. The number of rotatable bonds is 3. The molecule has 0 radical (unpaired) electrons. The molecule has 1 aromatic carbocycles. The lowest BCUT2D eigenvalue weighted by molar-refractivity contribution is 0.182. The third-order valence-electron chi connectivity index (χ3n) is 6.32. The fourth-order valence-electron chi connectivity index (χ4n) is 5.09. The standard InChI is InChI=1S/C22H25N5O2S/c1-15-11-18-12-16-14-24-21(25-17-5-7-19(8-6-17)30(23,28)29)26-20(16)27(18)22(13-15)9-3-2-4-10-22/h5-8,12,14H,1-4,9-11,13H2,(H2,23,28,29)(H,24,25,26). The van der Waals surface area contributed by atoms with Crippen molar-refractivity contribution < 1.29 is 8.42 Å². The Morgan fingerprint density at radius 3 is 2.57 bits per heavy atom. The minimum atomic E-state index is -3.71. The van der Waals surface area contributed by atoms with Crippen LogP contribution in [0.25, 0.3) is 11.0 Å². The fraction of sp³-hybridized carbons (Fsp3) is 0.364. The van der Waals surface area contributed by atoms with E-state index in [2.05, 4.69) is 27.5 Å². The molecular weight excluding hydrogens is 398 g/mol. The van der Waals surface area contributed by atoms with Crippen LogP contribution in [0.4, 0.5) is 11.6 Å². The number of benzene rings is 1. The van der Waals surface area contributed by atoms with Crippen molar-refractivity contribution in [1.82, 2.24) is 14.5 Å². The van der Waals surface area contributed by atoms with Crippen molar-refractivity contribution in [1.29, 1.82) is 0 Å². The summed E-state index contributed by atoms with van der Waals surface area (Å²) in [4.78, 5) is 9.40. The Hall–Kier alpha value is -2.71. The van der Waals surface area contributed by atoms with Gasteiger partial charge >= 0.3 is 0 Å². The zero-order chi connectivity index (χ0) is 20.9. The number of hydrogen-bond acceptors (Lipinski definition) is 5. The van der Waals surface area contributed by atoms with Gasteiger partial charge in [0.1, 0.15) is 5.65 Å². The summed E-state index contributed by atoms with van der Waals surface area (Å²) in [6.45, 7) is 4.32. The van der Waals surface area contributed by atoms with Crippen LogP contribution in [0.1, 0.15) is 44.2 Å². The summed E-state index contributed by atoms with van der Waals surface area (Å²) in [5.74, 6) is 0.488. The van der Waals surface area contributed by atoms with Gasteiger partial charge < -0.3 is 9.88 Å². The number of nitrogens with two attached hydrogens (primary N) is 1. The summed E-state index contributed by atoms with van der Waals surface area (Å²) in [5, 5.41) is 9.39. The van der Waals surface area contributed by atoms with Gasteiger partial charge in [-0.2, -0.15) is 4.98 Å². The van der Waals surface area contributed by atoms with Gasteiger partial charge in [-0.1, -0.05) is 31.4 Å². The molecule has 1 aliphatic heterocycles. The van der Waals surface area contributed by atoms with Gasteiger partial charge in [-0.15, -0.1) is 0 Å². The highest BCUT2D eigenvalue weighted by molar-refractivity contribution is 7.89. The summed E-state index contributed by atoms with van der Waals surface area (Å²) in [6, 6.07) is 8.46. The minimum absolute atomic E-state index is 0.0737. The van der Waals surface area contributed by atoms with Crippen LogP contribution in [0.5, 0.6) is 0 Å². The predicted octanol–water partition coefficient (Wildman–Crippen LogP) is 3.98. The number of sulfonamides is 1. The Morgan fingerprint density at radius 1 is 1.13 bits per heavy atom. The molecule has 3 N–H and O–H groups in total. The van der Waals surface area contributed by atoms with Crippen LogP contribution in [0, 0.1) is 0 Å². The highest BCUT2D eigenvalue weighted by Gasteiger charge is 2.40. The first-order valence-electron chi connectivity index (χ1n) is 10.3. The highest BCUT2D eigenvalue weighted by atomic mass is 32.2. The number of nitrogens with one attached hydrogen (secondary N) is 1. The maximum absolute atomic E-state index is 11.4. The molecule has 1 saturated carbocycles. The molecule has 3 aromatic rings. The largest absolute Gasteiger partial charge is 0.324 e. The molecule has 30 heavy (non-hydrogen) atoms. The molecule has 2 aromatic heterocycles. The van der Waals surface area contributed by atoms with Crippen molar-refractivity contribution in [2.75, 3.05) is 5.32 Å². The Morgan fingerprint density at radius 2 is 1.87 bits per heavy atom. The second-order valence-electron chi connectivity index (χ2n) is 8.53. The van der Waals surface area contributed by atoms with E-state index in [0.29, 0.717) is 11.6 Å². The van der Waals surface area contributed by atoms with Gasteiger partial charge in [0.15, 0.2) is 0 Å².